The Hall–Kier alpha value is -1.40. The maximum atomic E-state index is 10.9. The fraction of sp³-hybridized carbons (Fsp3) is 0.500. The minimum atomic E-state index is -0.634. The minimum absolute atomic E-state index is 0.634. The molecule has 0 heterocycles. The summed E-state index contributed by atoms with van der Waals surface area (Å²) in [5, 5.41) is 2.45. The molecule has 0 saturated heterocycles. The fourth-order valence-corrected chi connectivity index (χ4v) is 0.557. The van der Waals surface area contributed by atoms with Crippen LogP contribution in [0.25, 0.3) is 0 Å². The Bertz CT molecular complexity index is 211. The summed E-state index contributed by atoms with van der Waals surface area (Å²) in [6.07, 6.45) is 1.98. The largest absolute Gasteiger partial charge is 0.365 e. The van der Waals surface area contributed by atoms with Crippen LogP contribution in [0.4, 0.5) is 0 Å². The molecule has 0 bridgehead atoms. The smallest absolute Gasteiger partial charge is 0.349 e. The Kier molecular flexibility index (Phi) is 5.50. The van der Waals surface area contributed by atoms with Crippen molar-refractivity contribution in [3.8, 4) is 0 Å². The van der Waals surface area contributed by atoms with E-state index in [2.05, 4.69) is 9.68 Å². The quantitative estimate of drug-likeness (QED) is 0.456. The van der Waals surface area contributed by atoms with Crippen molar-refractivity contribution >= 4 is 11.9 Å². The number of hydrogen-bond acceptors (Lipinski definition) is 6. The Morgan fingerprint density at radius 3 is 1.36 bits per heavy atom. The number of hydrogen-bond donors (Lipinski definition) is 0. The second kappa shape index (κ2) is 6.11. The van der Waals surface area contributed by atoms with E-state index >= 15 is 0 Å². The van der Waals surface area contributed by atoms with Gasteiger partial charge >= 0.3 is 11.9 Å². The summed E-state index contributed by atoms with van der Waals surface area (Å²) < 4.78 is 0. The number of nitrogens with zero attached hydrogens (tertiary/aromatic N) is 2. The third-order valence-electron chi connectivity index (χ3n) is 0.901. The van der Waals surface area contributed by atoms with Crippen LogP contribution >= 0.6 is 0 Å². The second-order valence-electron chi connectivity index (χ2n) is 2.78. The summed E-state index contributed by atoms with van der Waals surface area (Å²) in [6.45, 7) is 0. The molecule has 6 heteroatoms. The molecule has 0 amide bonds. The van der Waals surface area contributed by atoms with E-state index in [9.17, 15) is 9.59 Å². The lowest BCUT2D eigenvalue weighted by Crippen LogP contribution is -2.18. The summed E-state index contributed by atoms with van der Waals surface area (Å²) in [5.41, 5.74) is 0. The average molecular weight is 202 g/mol. The molecule has 0 fully saturated rings. The van der Waals surface area contributed by atoms with Gasteiger partial charge in [0.2, 0.25) is 0 Å². The third-order valence-corrected chi connectivity index (χ3v) is 0.901. The van der Waals surface area contributed by atoms with E-state index in [0.29, 0.717) is 0 Å². The number of rotatable bonds is 4. The Balaban J connectivity index is 3.92. The molecule has 0 aromatic carbocycles. The Morgan fingerprint density at radius 1 is 0.857 bits per heavy atom. The highest BCUT2D eigenvalue weighted by atomic mass is 16.7. The second-order valence-corrected chi connectivity index (χ2v) is 2.78. The van der Waals surface area contributed by atoms with Crippen LogP contribution in [0.2, 0.25) is 0 Å². The summed E-state index contributed by atoms with van der Waals surface area (Å²) in [6, 6.07) is 0. The van der Waals surface area contributed by atoms with Crippen LogP contribution in [0.5, 0.6) is 0 Å². The van der Waals surface area contributed by atoms with Gasteiger partial charge in [0.25, 0.3) is 0 Å². The van der Waals surface area contributed by atoms with Crippen molar-refractivity contribution in [3.05, 3.63) is 12.2 Å². The van der Waals surface area contributed by atoms with Gasteiger partial charge in [-0.2, -0.15) is 0 Å². The van der Waals surface area contributed by atoms with E-state index in [-0.39, 0.29) is 0 Å². The predicted molar refractivity (Wildman–Crippen MR) is 48.7 cm³/mol. The molecular formula is C8H14N2O4. The molecule has 0 atom stereocenters. The van der Waals surface area contributed by atoms with Crippen molar-refractivity contribution in [2.45, 2.75) is 0 Å². The van der Waals surface area contributed by atoms with Gasteiger partial charge < -0.3 is 9.68 Å². The first-order chi connectivity index (χ1) is 6.41. The molecule has 14 heavy (non-hydrogen) atoms. The maximum Gasteiger partial charge on any atom is 0.349 e. The zero-order valence-corrected chi connectivity index (χ0v) is 8.68. The highest BCUT2D eigenvalue weighted by molar-refractivity contribution is 5.91. The zero-order chi connectivity index (χ0) is 11.1. The van der Waals surface area contributed by atoms with Crippen molar-refractivity contribution in [2.24, 2.45) is 0 Å². The molecule has 0 aliphatic carbocycles. The van der Waals surface area contributed by atoms with Crippen molar-refractivity contribution in [1.82, 2.24) is 10.1 Å². The molecule has 0 spiro atoms. The van der Waals surface area contributed by atoms with Crippen molar-refractivity contribution < 1.29 is 19.3 Å². The van der Waals surface area contributed by atoms with Gasteiger partial charge in [0.05, 0.1) is 0 Å². The highest BCUT2D eigenvalue weighted by Crippen LogP contribution is 1.87. The van der Waals surface area contributed by atoms with E-state index in [4.69, 9.17) is 0 Å². The lowest BCUT2D eigenvalue weighted by atomic mass is 10.5. The zero-order valence-electron chi connectivity index (χ0n) is 8.68. The van der Waals surface area contributed by atoms with E-state index in [1.165, 1.54) is 10.1 Å². The van der Waals surface area contributed by atoms with Crippen molar-refractivity contribution in [1.29, 1.82) is 0 Å². The normalized spacial score (nSPS) is 11.0. The molecule has 0 rings (SSSR count). The monoisotopic (exact) mass is 202 g/mol. The maximum absolute atomic E-state index is 10.9. The topological polar surface area (TPSA) is 59.1 Å². The van der Waals surface area contributed by atoms with Crippen LogP contribution in [0, 0.1) is 0 Å². The summed E-state index contributed by atoms with van der Waals surface area (Å²) in [5.74, 6) is -1.27. The van der Waals surface area contributed by atoms with Gasteiger partial charge in [-0.25, -0.2) is 9.59 Å². The first-order valence-electron chi connectivity index (χ1n) is 3.88. The third kappa shape index (κ3) is 7.26. The molecule has 0 aromatic heterocycles. The minimum Gasteiger partial charge on any atom is -0.365 e. The van der Waals surface area contributed by atoms with Gasteiger partial charge in [0.1, 0.15) is 0 Å². The van der Waals surface area contributed by atoms with Gasteiger partial charge in [-0.15, -0.1) is 10.1 Å². The van der Waals surface area contributed by atoms with Crippen molar-refractivity contribution in [3.63, 3.8) is 0 Å². The SMILES string of the molecule is CN(C)OC(=O)/C=C/C(=O)ON(C)C. The number of carbonyl (C=O) groups excluding carboxylic acids is 2. The van der Waals surface area contributed by atoms with E-state index < -0.39 is 11.9 Å². The molecule has 0 aliphatic heterocycles. The van der Waals surface area contributed by atoms with Crippen LogP contribution in [0.15, 0.2) is 12.2 Å². The predicted octanol–water partition coefficient (Wildman–Crippen LogP) is -0.418. The van der Waals surface area contributed by atoms with Crippen LogP contribution in [0.1, 0.15) is 0 Å². The first kappa shape index (κ1) is 12.6. The van der Waals surface area contributed by atoms with Gasteiger partial charge in [0, 0.05) is 40.3 Å². The molecular weight excluding hydrogens is 188 g/mol. The lowest BCUT2D eigenvalue weighted by Gasteiger charge is -2.08. The summed E-state index contributed by atoms with van der Waals surface area (Å²) >= 11 is 0. The van der Waals surface area contributed by atoms with Gasteiger partial charge in [0.15, 0.2) is 0 Å². The molecule has 80 valence electrons. The summed E-state index contributed by atoms with van der Waals surface area (Å²) in [4.78, 5) is 30.9. The Morgan fingerprint density at radius 2 is 1.14 bits per heavy atom. The number of hydroxylamine groups is 4. The van der Waals surface area contributed by atoms with Crippen LogP contribution in [0.3, 0.4) is 0 Å². The lowest BCUT2D eigenvalue weighted by molar-refractivity contribution is -0.174. The molecule has 0 radical (unpaired) electrons. The van der Waals surface area contributed by atoms with Crippen LogP contribution in [-0.4, -0.2) is 50.3 Å². The molecule has 0 aliphatic rings. The standard InChI is InChI=1S/C8H14N2O4/c1-9(2)13-7(11)5-6-8(12)14-10(3)4/h5-6H,1-4H3/b6-5+. The molecule has 0 unspecified atom stereocenters. The first-order valence-corrected chi connectivity index (χ1v) is 3.88. The van der Waals surface area contributed by atoms with E-state index in [1.54, 1.807) is 28.2 Å². The van der Waals surface area contributed by atoms with Crippen molar-refractivity contribution in [2.75, 3.05) is 28.2 Å². The molecule has 0 saturated carbocycles. The summed E-state index contributed by atoms with van der Waals surface area (Å²) in [7, 11) is 6.24. The van der Waals surface area contributed by atoms with E-state index in [1.807, 2.05) is 0 Å². The highest BCUT2D eigenvalue weighted by Gasteiger charge is 2.02. The molecule has 0 N–H and O–H groups in total. The molecule has 6 nitrogen and oxygen atoms in total. The fourth-order valence-electron chi connectivity index (χ4n) is 0.557. The van der Waals surface area contributed by atoms with Crippen LogP contribution < -0.4 is 0 Å². The van der Waals surface area contributed by atoms with Gasteiger partial charge in [-0.3, -0.25) is 0 Å². The van der Waals surface area contributed by atoms with Gasteiger partial charge in [-0.05, 0) is 0 Å². The van der Waals surface area contributed by atoms with Crippen LogP contribution in [-0.2, 0) is 19.3 Å². The average Bonchev–Trinajstić information content (AvgIpc) is 1.98. The van der Waals surface area contributed by atoms with E-state index in [0.717, 1.165) is 12.2 Å². The Labute approximate surface area is 82.6 Å². The van der Waals surface area contributed by atoms with Gasteiger partial charge in [-0.1, -0.05) is 0 Å². The molecule has 0 aromatic rings. The number of carbonyl (C=O) groups is 2.